The number of aliphatic hydroxyl groups is 3. The highest BCUT2D eigenvalue weighted by molar-refractivity contribution is 5.87. The van der Waals surface area contributed by atoms with Gasteiger partial charge in [-0.25, -0.2) is 19.2 Å². The van der Waals surface area contributed by atoms with Gasteiger partial charge in [0.2, 0.25) is 5.91 Å². The minimum absolute atomic E-state index is 0.119. The molecular formula is C29H49N3O12. The molecule has 0 aromatic heterocycles. The number of ether oxygens (including phenoxy) is 4. The van der Waals surface area contributed by atoms with Gasteiger partial charge in [0.05, 0.1) is 13.1 Å². The van der Waals surface area contributed by atoms with Crippen molar-refractivity contribution in [1.29, 1.82) is 0 Å². The van der Waals surface area contributed by atoms with Crippen LogP contribution in [0.15, 0.2) is 24.3 Å². The number of hydrogen-bond acceptors (Lipinski definition) is 12. The monoisotopic (exact) mass is 631 g/mol. The van der Waals surface area contributed by atoms with Crippen LogP contribution in [0.1, 0.15) is 59.3 Å². The average molecular weight is 632 g/mol. The van der Waals surface area contributed by atoms with Crippen LogP contribution in [0.2, 0.25) is 0 Å². The van der Waals surface area contributed by atoms with Crippen molar-refractivity contribution in [3.05, 3.63) is 24.3 Å². The summed E-state index contributed by atoms with van der Waals surface area (Å²) < 4.78 is 19.7. The lowest BCUT2D eigenvalue weighted by Crippen LogP contribution is -2.53. The fourth-order valence-corrected chi connectivity index (χ4v) is 3.47. The van der Waals surface area contributed by atoms with Gasteiger partial charge in [-0.3, -0.25) is 4.79 Å². The topological polar surface area (TPSA) is 210 Å². The van der Waals surface area contributed by atoms with Crippen LogP contribution in [-0.2, 0) is 33.3 Å². The first-order valence-electron chi connectivity index (χ1n) is 14.5. The predicted octanol–water partition coefficient (Wildman–Crippen LogP) is 0.948. The third-order valence-electron chi connectivity index (χ3n) is 6.03. The number of alkyl carbamates (subject to hydrolysis) is 2. The standard InChI is InChI=1S/C29H49N3O12/c1-7-8-9-10-11-12-23(35)32(6)17-21(33)24(36)25(44-29(40)31-14-16-42-27(38)20(4)5)22(34)18-43-28(39)30-13-15-41-26(37)19(2)3/h21-22,24-25,33-34,36H,2,4,7-18H2,1,3,5-6H3,(H,30,39)(H,31,40)/t21-,22+,24?,25?/m0/s1. The van der Waals surface area contributed by atoms with Crippen LogP contribution >= 0.6 is 0 Å². The van der Waals surface area contributed by atoms with E-state index in [9.17, 15) is 39.3 Å². The number of hydrogen-bond donors (Lipinski definition) is 5. The van der Waals surface area contributed by atoms with Crippen molar-refractivity contribution >= 4 is 30.0 Å². The zero-order chi connectivity index (χ0) is 33.7. The molecule has 0 aromatic carbocycles. The summed E-state index contributed by atoms with van der Waals surface area (Å²) in [4.78, 5) is 60.9. The zero-order valence-corrected chi connectivity index (χ0v) is 26.2. The summed E-state index contributed by atoms with van der Waals surface area (Å²) in [6.07, 6.45) is -4.43. The van der Waals surface area contributed by atoms with E-state index in [1.807, 2.05) is 0 Å². The quantitative estimate of drug-likeness (QED) is 0.0489. The van der Waals surface area contributed by atoms with Crippen molar-refractivity contribution in [2.45, 2.75) is 83.7 Å². The van der Waals surface area contributed by atoms with Crippen molar-refractivity contribution in [2.75, 3.05) is 46.5 Å². The van der Waals surface area contributed by atoms with E-state index in [0.29, 0.717) is 6.42 Å². The Balaban J connectivity index is 5.17. The Hall–Kier alpha value is -3.69. The molecule has 0 aromatic rings. The van der Waals surface area contributed by atoms with E-state index in [0.717, 1.165) is 25.7 Å². The van der Waals surface area contributed by atoms with Crippen molar-refractivity contribution in [3.63, 3.8) is 0 Å². The molecule has 0 heterocycles. The van der Waals surface area contributed by atoms with Crippen LogP contribution in [0.25, 0.3) is 0 Å². The Morgan fingerprint density at radius 3 is 1.82 bits per heavy atom. The van der Waals surface area contributed by atoms with E-state index in [2.05, 4.69) is 30.7 Å². The molecule has 0 aliphatic heterocycles. The highest BCUT2D eigenvalue weighted by Crippen LogP contribution is 2.13. The third kappa shape index (κ3) is 18.1. The number of esters is 2. The average Bonchev–Trinajstić information content (AvgIpc) is 2.97. The fraction of sp³-hybridized carbons (Fsp3) is 0.690. The van der Waals surface area contributed by atoms with Crippen LogP contribution in [0.3, 0.4) is 0 Å². The summed E-state index contributed by atoms with van der Waals surface area (Å²) in [7, 11) is 1.44. The predicted molar refractivity (Wildman–Crippen MR) is 158 cm³/mol. The van der Waals surface area contributed by atoms with Crippen LogP contribution < -0.4 is 10.6 Å². The van der Waals surface area contributed by atoms with E-state index in [1.54, 1.807) is 0 Å². The number of nitrogens with zero attached hydrogens (tertiary/aromatic N) is 1. The minimum atomic E-state index is -1.91. The van der Waals surface area contributed by atoms with E-state index in [1.165, 1.54) is 25.8 Å². The number of carbonyl (C=O) groups excluding carboxylic acids is 5. The van der Waals surface area contributed by atoms with Crippen molar-refractivity contribution in [2.24, 2.45) is 0 Å². The van der Waals surface area contributed by atoms with Crippen LogP contribution in [0.4, 0.5) is 9.59 Å². The molecule has 0 aliphatic carbocycles. The number of nitrogens with one attached hydrogen (secondary N) is 2. The SMILES string of the molecule is C=C(C)C(=O)OCCNC(=O)OC[C@@H](O)C(OC(=O)NCCOC(=O)C(=C)C)C(O)[C@@H](O)CN(C)C(=O)CCCCCCC. The molecule has 0 fully saturated rings. The van der Waals surface area contributed by atoms with E-state index < -0.39 is 55.1 Å². The number of amides is 3. The molecule has 2 unspecified atom stereocenters. The summed E-state index contributed by atoms with van der Waals surface area (Å²) >= 11 is 0. The molecule has 0 rings (SSSR count). The molecule has 0 radical (unpaired) electrons. The molecule has 0 saturated carbocycles. The Labute approximate surface area is 258 Å². The maximum atomic E-state index is 12.5. The summed E-state index contributed by atoms with van der Waals surface area (Å²) in [5.74, 6) is -1.58. The smallest absolute Gasteiger partial charge is 0.407 e. The van der Waals surface area contributed by atoms with Gasteiger partial charge in [-0.2, -0.15) is 0 Å². The second-order valence-corrected chi connectivity index (χ2v) is 10.2. The number of unbranched alkanes of at least 4 members (excludes halogenated alkanes) is 4. The van der Waals surface area contributed by atoms with Gasteiger partial charge in [-0.15, -0.1) is 0 Å². The van der Waals surface area contributed by atoms with Crippen LogP contribution in [-0.4, -0.2) is 121 Å². The molecule has 252 valence electrons. The Kier molecular flexibility index (Phi) is 20.9. The van der Waals surface area contributed by atoms with Crippen molar-refractivity contribution in [3.8, 4) is 0 Å². The van der Waals surface area contributed by atoms with Crippen molar-refractivity contribution in [1.82, 2.24) is 15.5 Å². The molecule has 4 atom stereocenters. The normalized spacial score (nSPS) is 13.3. The van der Waals surface area contributed by atoms with E-state index >= 15 is 0 Å². The molecule has 44 heavy (non-hydrogen) atoms. The summed E-state index contributed by atoms with van der Waals surface area (Å²) in [5.41, 5.74) is 0.335. The lowest BCUT2D eigenvalue weighted by Gasteiger charge is -2.31. The van der Waals surface area contributed by atoms with Gasteiger partial charge in [0.1, 0.15) is 38.1 Å². The number of likely N-dealkylation sites (N-methyl/N-ethyl adjacent to an activating group) is 1. The number of rotatable bonds is 22. The summed E-state index contributed by atoms with van der Waals surface area (Å²) in [6, 6.07) is 0. The molecule has 0 spiro atoms. The largest absolute Gasteiger partial charge is 0.460 e. The van der Waals surface area contributed by atoms with Gasteiger partial charge >= 0.3 is 24.1 Å². The molecule has 5 N–H and O–H groups in total. The fourth-order valence-electron chi connectivity index (χ4n) is 3.47. The molecule has 0 aliphatic rings. The lowest BCUT2D eigenvalue weighted by molar-refractivity contribution is -0.139. The summed E-state index contributed by atoms with van der Waals surface area (Å²) in [6.45, 7) is 10.0. The highest BCUT2D eigenvalue weighted by Gasteiger charge is 2.37. The van der Waals surface area contributed by atoms with Gasteiger partial charge in [-0.1, -0.05) is 45.8 Å². The number of carbonyl (C=O) groups is 5. The highest BCUT2D eigenvalue weighted by atomic mass is 16.6. The lowest BCUT2D eigenvalue weighted by atomic mass is 10.0. The number of aliphatic hydroxyl groups excluding tert-OH is 3. The maximum absolute atomic E-state index is 12.5. The van der Waals surface area contributed by atoms with Gasteiger partial charge < -0.3 is 49.8 Å². The molecule has 0 saturated heterocycles. The Morgan fingerprint density at radius 2 is 1.30 bits per heavy atom. The van der Waals surface area contributed by atoms with Gasteiger partial charge in [-0.05, 0) is 20.3 Å². The van der Waals surface area contributed by atoms with Crippen LogP contribution in [0, 0.1) is 0 Å². The maximum Gasteiger partial charge on any atom is 0.407 e. The van der Waals surface area contributed by atoms with Crippen molar-refractivity contribution < 1.29 is 58.2 Å². The molecule has 15 nitrogen and oxygen atoms in total. The molecule has 3 amide bonds. The molecule has 0 bridgehead atoms. The first-order valence-corrected chi connectivity index (χ1v) is 14.5. The first-order chi connectivity index (χ1) is 20.7. The van der Waals surface area contributed by atoms with Crippen LogP contribution in [0.5, 0.6) is 0 Å². The first kappa shape index (κ1) is 40.3. The van der Waals surface area contributed by atoms with Gasteiger partial charge in [0.25, 0.3) is 0 Å². The minimum Gasteiger partial charge on any atom is -0.460 e. The third-order valence-corrected chi connectivity index (χ3v) is 6.03. The molecule has 15 heteroatoms. The van der Waals surface area contributed by atoms with Gasteiger partial charge in [0.15, 0.2) is 6.10 Å². The summed E-state index contributed by atoms with van der Waals surface area (Å²) in [5, 5.41) is 36.6. The Morgan fingerprint density at radius 1 is 0.773 bits per heavy atom. The molecular weight excluding hydrogens is 582 g/mol. The van der Waals surface area contributed by atoms with Gasteiger partial charge in [0, 0.05) is 31.2 Å². The second-order valence-electron chi connectivity index (χ2n) is 10.2. The second kappa shape index (κ2) is 22.8. The zero-order valence-electron chi connectivity index (χ0n) is 26.2. The Bertz CT molecular complexity index is 958. The van der Waals surface area contributed by atoms with E-state index in [4.69, 9.17) is 18.9 Å². The van der Waals surface area contributed by atoms with E-state index in [-0.39, 0.29) is 56.3 Å².